The van der Waals surface area contributed by atoms with Gasteiger partial charge >= 0.3 is 5.97 Å². The fourth-order valence-corrected chi connectivity index (χ4v) is 2.23. The summed E-state index contributed by atoms with van der Waals surface area (Å²) in [7, 11) is 1.40. The number of nitro groups is 1. The van der Waals surface area contributed by atoms with Crippen molar-refractivity contribution in [3.63, 3.8) is 0 Å². The van der Waals surface area contributed by atoms with E-state index in [9.17, 15) is 24.8 Å². The molecule has 0 spiro atoms. The number of phenols is 1. The second kappa shape index (κ2) is 9.17. The number of aryl methyl sites for hydroxylation is 1. The zero-order valence-electron chi connectivity index (χ0n) is 15.2. The van der Waals surface area contributed by atoms with Crippen LogP contribution < -0.4 is 10.1 Å². The highest BCUT2D eigenvalue weighted by molar-refractivity contribution is 5.95. The van der Waals surface area contributed by atoms with Crippen molar-refractivity contribution in [3.05, 3.63) is 63.7 Å². The number of phenolic OH excluding ortho intramolecular Hbond substituents is 1. The predicted molar refractivity (Wildman–Crippen MR) is 101 cm³/mol. The first-order chi connectivity index (χ1) is 13.3. The summed E-state index contributed by atoms with van der Waals surface area (Å²) in [5.41, 5.74) is 1.41. The van der Waals surface area contributed by atoms with Gasteiger partial charge in [-0.25, -0.2) is 4.79 Å². The average Bonchev–Trinajstić information content (AvgIpc) is 2.67. The highest BCUT2D eigenvalue weighted by Gasteiger charge is 2.11. The summed E-state index contributed by atoms with van der Waals surface area (Å²) in [5, 5.41) is 22.8. The third kappa shape index (κ3) is 5.56. The largest absolute Gasteiger partial charge is 0.504 e. The maximum Gasteiger partial charge on any atom is 0.331 e. The first-order valence-electron chi connectivity index (χ1n) is 8.07. The summed E-state index contributed by atoms with van der Waals surface area (Å²) in [4.78, 5) is 33.8. The smallest absolute Gasteiger partial charge is 0.331 e. The lowest BCUT2D eigenvalue weighted by Gasteiger charge is -2.08. The van der Waals surface area contributed by atoms with Crippen LogP contribution in [0.25, 0.3) is 6.08 Å². The maximum absolute atomic E-state index is 11.9. The third-order valence-corrected chi connectivity index (χ3v) is 3.66. The van der Waals surface area contributed by atoms with Crippen LogP contribution in [-0.2, 0) is 14.3 Å². The lowest BCUT2D eigenvalue weighted by molar-refractivity contribution is -0.384. The van der Waals surface area contributed by atoms with Gasteiger partial charge in [-0.15, -0.1) is 0 Å². The van der Waals surface area contributed by atoms with Crippen molar-refractivity contribution in [2.75, 3.05) is 19.0 Å². The highest BCUT2D eigenvalue weighted by atomic mass is 16.6. The van der Waals surface area contributed by atoms with Crippen molar-refractivity contribution < 1.29 is 29.1 Å². The summed E-state index contributed by atoms with van der Waals surface area (Å²) >= 11 is 0. The Morgan fingerprint density at radius 2 is 2.00 bits per heavy atom. The van der Waals surface area contributed by atoms with E-state index in [1.807, 2.05) is 0 Å². The van der Waals surface area contributed by atoms with Gasteiger partial charge in [0.1, 0.15) is 0 Å². The van der Waals surface area contributed by atoms with E-state index in [1.165, 1.54) is 43.5 Å². The van der Waals surface area contributed by atoms with Crippen LogP contribution in [0.4, 0.5) is 11.4 Å². The van der Waals surface area contributed by atoms with Gasteiger partial charge in [0.15, 0.2) is 18.1 Å². The Kier molecular flexibility index (Phi) is 6.69. The molecular formula is C19H18N2O7. The Labute approximate surface area is 160 Å². The Balaban J connectivity index is 1.88. The number of carbonyl (C=O) groups is 2. The van der Waals surface area contributed by atoms with Crippen LogP contribution in [0.3, 0.4) is 0 Å². The number of carbonyl (C=O) groups excluding carboxylic acids is 2. The zero-order chi connectivity index (χ0) is 20.7. The van der Waals surface area contributed by atoms with Gasteiger partial charge in [-0.1, -0.05) is 6.07 Å². The molecule has 0 saturated heterocycles. The second-order valence-electron chi connectivity index (χ2n) is 5.68. The maximum atomic E-state index is 11.9. The summed E-state index contributed by atoms with van der Waals surface area (Å²) in [5.74, 6) is -1.08. The molecule has 0 bridgehead atoms. The number of nitrogens with one attached hydrogen (secondary N) is 1. The van der Waals surface area contributed by atoms with Gasteiger partial charge < -0.3 is 19.9 Å². The van der Waals surface area contributed by atoms with E-state index < -0.39 is 23.4 Å². The topological polar surface area (TPSA) is 128 Å². The molecular weight excluding hydrogens is 368 g/mol. The number of amides is 1. The van der Waals surface area contributed by atoms with Crippen molar-refractivity contribution >= 4 is 29.3 Å². The van der Waals surface area contributed by atoms with Gasteiger partial charge in [0, 0.05) is 23.9 Å². The van der Waals surface area contributed by atoms with E-state index in [0.29, 0.717) is 16.8 Å². The molecule has 146 valence electrons. The Bertz CT molecular complexity index is 938. The summed E-state index contributed by atoms with van der Waals surface area (Å²) in [6.07, 6.45) is 2.58. The van der Waals surface area contributed by atoms with Crippen molar-refractivity contribution in [1.82, 2.24) is 0 Å². The number of ether oxygens (including phenoxy) is 2. The highest BCUT2D eigenvalue weighted by Crippen LogP contribution is 2.26. The van der Waals surface area contributed by atoms with Crippen molar-refractivity contribution in [1.29, 1.82) is 0 Å². The van der Waals surface area contributed by atoms with Gasteiger partial charge in [0.05, 0.1) is 12.0 Å². The average molecular weight is 386 g/mol. The van der Waals surface area contributed by atoms with Crippen LogP contribution in [0.2, 0.25) is 0 Å². The normalized spacial score (nSPS) is 10.5. The van der Waals surface area contributed by atoms with Gasteiger partial charge in [0.2, 0.25) is 0 Å². The first-order valence-corrected chi connectivity index (χ1v) is 8.07. The van der Waals surface area contributed by atoms with Crippen molar-refractivity contribution in [3.8, 4) is 11.5 Å². The quantitative estimate of drug-likeness (QED) is 0.324. The van der Waals surface area contributed by atoms with Crippen molar-refractivity contribution in [2.45, 2.75) is 6.92 Å². The molecule has 2 N–H and O–H groups in total. The number of aromatic hydroxyl groups is 1. The molecule has 0 unspecified atom stereocenters. The monoisotopic (exact) mass is 386 g/mol. The minimum absolute atomic E-state index is 0.0274. The fraction of sp³-hybridized carbons (Fsp3) is 0.158. The van der Waals surface area contributed by atoms with Gasteiger partial charge in [-0.3, -0.25) is 14.9 Å². The number of non-ortho nitro benzene ring substituents is 1. The molecule has 0 aromatic heterocycles. The minimum Gasteiger partial charge on any atom is -0.504 e. The molecule has 28 heavy (non-hydrogen) atoms. The number of nitrogens with zero attached hydrogens (tertiary/aromatic N) is 1. The molecule has 2 rings (SSSR count). The van der Waals surface area contributed by atoms with E-state index >= 15 is 0 Å². The van der Waals surface area contributed by atoms with Crippen LogP contribution >= 0.6 is 0 Å². The molecule has 0 aliphatic carbocycles. The number of nitro benzene ring substituents is 1. The van der Waals surface area contributed by atoms with Gasteiger partial charge in [-0.2, -0.15) is 0 Å². The standard InChI is InChI=1S/C19H18N2O7/c1-12-9-14(21(25)26)5-6-15(12)20-18(23)11-28-19(24)8-4-13-3-7-16(22)17(10-13)27-2/h3-10,22H,11H2,1-2H3,(H,20,23)/b8-4+. The van der Waals surface area contributed by atoms with Crippen molar-refractivity contribution in [2.24, 2.45) is 0 Å². The fourth-order valence-electron chi connectivity index (χ4n) is 2.23. The molecule has 2 aromatic rings. The van der Waals surface area contributed by atoms with Gasteiger partial charge in [0.25, 0.3) is 11.6 Å². The lowest BCUT2D eigenvalue weighted by Crippen LogP contribution is -2.20. The molecule has 0 aliphatic rings. The van der Waals surface area contributed by atoms with E-state index in [2.05, 4.69) is 5.32 Å². The molecule has 2 aromatic carbocycles. The molecule has 0 radical (unpaired) electrons. The Hall–Kier alpha value is -3.88. The van der Waals surface area contributed by atoms with Crippen LogP contribution in [0.5, 0.6) is 11.5 Å². The molecule has 0 fully saturated rings. The molecule has 0 aliphatic heterocycles. The van der Waals surface area contributed by atoms with E-state index in [1.54, 1.807) is 13.0 Å². The number of hydrogen-bond acceptors (Lipinski definition) is 7. The number of rotatable bonds is 7. The number of hydrogen-bond donors (Lipinski definition) is 2. The molecule has 9 nitrogen and oxygen atoms in total. The van der Waals surface area contributed by atoms with Crippen LogP contribution in [0.15, 0.2) is 42.5 Å². The number of anilines is 1. The molecule has 0 heterocycles. The zero-order valence-corrected chi connectivity index (χ0v) is 15.2. The molecule has 0 atom stereocenters. The minimum atomic E-state index is -0.734. The molecule has 1 amide bonds. The lowest BCUT2D eigenvalue weighted by atomic mass is 10.2. The number of esters is 1. The number of benzene rings is 2. The molecule has 9 heteroatoms. The number of methoxy groups -OCH3 is 1. The summed E-state index contributed by atoms with van der Waals surface area (Å²) in [6.45, 7) is 1.10. The van der Waals surface area contributed by atoms with Crippen LogP contribution in [0.1, 0.15) is 11.1 Å². The van der Waals surface area contributed by atoms with E-state index in [4.69, 9.17) is 9.47 Å². The molecule has 0 saturated carbocycles. The summed E-state index contributed by atoms with van der Waals surface area (Å²) < 4.78 is 9.82. The predicted octanol–water partition coefficient (Wildman–Crippen LogP) is 2.81. The Morgan fingerprint density at radius 1 is 1.25 bits per heavy atom. The van der Waals surface area contributed by atoms with E-state index in [0.717, 1.165) is 6.08 Å². The Morgan fingerprint density at radius 3 is 2.64 bits per heavy atom. The van der Waals surface area contributed by atoms with Gasteiger partial charge in [-0.05, 0) is 42.3 Å². The second-order valence-corrected chi connectivity index (χ2v) is 5.68. The summed E-state index contributed by atoms with van der Waals surface area (Å²) in [6, 6.07) is 8.53. The third-order valence-electron chi connectivity index (χ3n) is 3.66. The van der Waals surface area contributed by atoms with E-state index in [-0.39, 0.29) is 17.2 Å². The first kappa shape index (κ1) is 20.4. The van der Waals surface area contributed by atoms with Crippen LogP contribution in [-0.4, -0.2) is 35.6 Å². The SMILES string of the molecule is COc1cc(/C=C/C(=O)OCC(=O)Nc2ccc([N+](=O)[O-])cc2C)ccc1O. The van der Waals surface area contributed by atoms with Crippen LogP contribution in [0, 0.1) is 17.0 Å².